The van der Waals surface area contributed by atoms with Gasteiger partial charge >= 0.3 is 0 Å². The van der Waals surface area contributed by atoms with Crippen LogP contribution in [0.15, 0.2) is 35.3 Å². The van der Waals surface area contributed by atoms with Gasteiger partial charge in [-0.05, 0) is 86.1 Å². The largest absolute Gasteiger partial charge is 0.204 e. The van der Waals surface area contributed by atoms with Crippen LogP contribution in [0.1, 0.15) is 81.0 Å². The van der Waals surface area contributed by atoms with E-state index in [9.17, 15) is 8.78 Å². The molecular formula is C29H29F2NS. The Labute approximate surface area is 201 Å². The number of nitrogens with zero attached hydrogens (tertiary/aromatic N) is 1. The van der Waals surface area contributed by atoms with E-state index in [0.29, 0.717) is 5.92 Å². The fraction of sp³-hybridized carbons (Fsp3) is 0.414. The van der Waals surface area contributed by atoms with Crippen LogP contribution in [0, 0.1) is 47.2 Å². The maximum Gasteiger partial charge on any atom is 0.153 e. The number of aliphatic imine (C=N–C) groups is 1. The van der Waals surface area contributed by atoms with Crippen LogP contribution >= 0.6 is 12.2 Å². The highest BCUT2D eigenvalue weighted by Crippen LogP contribution is 2.31. The summed E-state index contributed by atoms with van der Waals surface area (Å²) in [7, 11) is 0. The van der Waals surface area contributed by atoms with E-state index in [1.165, 1.54) is 44.9 Å². The SMILES string of the molecule is CCCCC1CCC(C#Cc2ccc(C#Cc3cc(F)c(N=C=S)c(F)c3)cc2CC)CC1. The molecule has 0 unspecified atom stereocenters. The average Bonchev–Trinajstić information content (AvgIpc) is 2.83. The molecule has 0 bridgehead atoms. The second-order valence-corrected chi connectivity index (χ2v) is 8.78. The molecule has 0 saturated heterocycles. The Balaban J connectivity index is 1.71. The maximum absolute atomic E-state index is 14.0. The van der Waals surface area contributed by atoms with Crippen molar-refractivity contribution < 1.29 is 8.78 Å². The van der Waals surface area contributed by atoms with E-state index in [1.54, 1.807) is 0 Å². The molecule has 2 aromatic rings. The van der Waals surface area contributed by atoms with Crippen molar-refractivity contribution in [3.63, 3.8) is 0 Å². The third-order valence-electron chi connectivity index (χ3n) is 6.24. The van der Waals surface area contributed by atoms with E-state index in [2.05, 4.69) is 54.7 Å². The van der Waals surface area contributed by atoms with Crippen LogP contribution in [0.4, 0.5) is 14.5 Å². The molecule has 1 nitrogen and oxygen atoms in total. The van der Waals surface area contributed by atoms with Gasteiger partial charge in [-0.2, -0.15) is 4.99 Å². The van der Waals surface area contributed by atoms with Crippen molar-refractivity contribution >= 4 is 23.1 Å². The zero-order chi connectivity index (χ0) is 23.6. The summed E-state index contributed by atoms with van der Waals surface area (Å²) in [4.78, 5) is 3.42. The average molecular weight is 462 g/mol. The first-order valence-corrected chi connectivity index (χ1v) is 12.2. The third-order valence-corrected chi connectivity index (χ3v) is 6.33. The van der Waals surface area contributed by atoms with Gasteiger partial charge in [0.15, 0.2) is 11.6 Å². The summed E-state index contributed by atoms with van der Waals surface area (Å²) in [5, 5.41) is 1.98. The lowest BCUT2D eigenvalue weighted by atomic mass is 9.80. The first-order chi connectivity index (χ1) is 16.0. The van der Waals surface area contributed by atoms with Crippen LogP contribution in [-0.4, -0.2) is 5.16 Å². The number of isothiocyanates is 1. The number of benzene rings is 2. The van der Waals surface area contributed by atoms with Gasteiger partial charge in [0.2, 0.25) is 0 Å². The van der Waals surface area contributed by atoms with Gasteiger partial charge in [0.05, 0.1) is 5.16 Å². The van der Waals surface area contributed by atoms with E-state index in [4.69, 9.17) is 0 Å². The molecule has 1 aliphatic rings. The summed E-state index contributed by atoms with van der Waals surface area (Å²) in [5.41, 5.74) is 2.76. The van der Waals surface area contributed by atoms with Crippen molar-refractivity contribution in [3.8, 4) is 23.7 Å². The van der Waals surface area contributed by atoms with Crippen LogP contribution in [-0.2, 0) is 6.42 Å². The van der Waals surface area contributed by atoms with Crippen molar-refractivity contribution in [1.82, 2.24) is 0 Å². The second kappa shape index (κ2) is 12.5. The van der Waals surface area contributed by atoms with Crippen LogP contribution < -0.4 is 0 Å². The Bertz CT molecular complexity index is 1120. The molecule has 0 radical (unpaired) electrons. The Hall–Kier alpha value is -2.78. The minimum absolute atomic E-state index is 0.241. The van der Waals surface area contributed by atoms with Gasteiger partial charge in [-0.15, -0.1) is 0 Å². The standard InChI is InChI=1S/C29H29F2NS/c1-3-5-6-21-7-9-22(10-8-21)13-15-26-16-14-23(17-25(26)4-2)11-12-24-18-27(30)29(32-20-33)28(31)19-24/h14,16-19,21-22H,3-10H2,1-2H3. The van der Waals surface area contributed by atoms with Crippen molar-refractivity contribution in [2.24, 2.45) is 16.8 Å². The normalized spacial score (nSPS) is 17.2. The fourth-order valence-electron chi connectivity index (χ4n) is 4.29. The Morgan fingerprint density at radius 2 is 1.64 bits per heavy atom. The van der Waals surface area contributed by atoms with E-state index >= 15 is 0 Å². The second-order valence-electron chi connectivity index (χ2n) is 8.60. The summed E-state index contributed by atoms with van der Waals surface area (Å²) in [5.74, 6) is 12.5. The van der Waals surface area contributed by atoms with Gasteiger partial charge in [0, 0.05) is 22.6 Å². The van der Waals surface area contributed by atoms with Crippen molar-refractivity contribution in [3.05, 3.63) is 64.2 Å². The highest BCUT2D eigenvalue weighted by atomic mass is 32.1. The smallest absolute Gasteiger partial charge is 0.153 e. The van der Waals surface area contributed by atoms with Gasteiger partial charge in [-0.25, -0.2) is 8.78 Å². The molecule has 3 rings (SSSR count). The maximum atomic E-state index is 14.0. The first-order valence-electron chi connectivity index (χ1n) is 11.8. The summed E-state index contributed by atoms with van der Waals surface area (Å²) in [6.45, 7) is 4.35. The van der Waals surface area contributed by atoms with E-state index < -0.39 is 17.3 Å². The van der Waals surface area contributed by atoms with Crippen LogP contribution in [0.2, 0.25) is 0 Å². The molecule has 0 spiro atoms. The summed E-state index contributed by atoms with van der Waals surface area (Å²) in [6.07, 6.45) is 9.84. The van der Waals surface area contributed by atoms with Gasteiger partial charge < -0.3 is 0 Å². The number of halogens is 2. The van der Waals surface area contributed by atoms with Crippen LogP contribution in [0.5, 0.6) is 0 Å². The van der Waals surface area contributed by atoms with Crippen LogP contribution in [0.3, 0.4) is 0 Å². The molecule has 1 aliphatic carbocycles. The third kappa shape index (κ3) is 7.10. The Morgan fingerprint density at radius 1 is 0.939 bits per heavy atom. The number of hydrogen-bond acceptors (Lipinski definition) is 2. The minimum atomic E-state index is -0.809. The quantitative estimate of drug-likeness (QED) is 0.249. The molecule has 0 aliphatic heterocycles. The molecule has 0 aromatic heterocycles. The number of aryl methyl sites for hydroxylation is 1. The lowest BCUT2D eigenvalue weighted by Gasteiger charge is -2.25. The summed E-state index contributed by atoms with van der Waals surface area (Å²) >= 11 is 4.42. The highest BCUT2D eigenvalue weighted by molar-refractivity contribution is 7.78. The zero-order valence-corrected chi connectivity index (χ0v) is 20.1. The van der Waals surface area contributed by atoms with Gasteiger partial charge in [0.1, 0.15) is 5.69 Å². The molecule has 33 heavy (non-hydrogen) atoms. The molecule has 1 fully saturated rings. The molecular weight excluding hydrogens is 432 g/mol. The van der Waals surface area contributed by atoms with E-state index in [-0.39, 0.29) is 5.56 Å². The molecule has 170 valence electrons. The topological polar surface area (TPSA) is 12.4 Å². The molecule has 1 saturated carbocycles. The van der Waals surface area contributed by atoms with Crippen molar-refractivity contribution in [2.75, 3.05) is 0 Å². The highest BCUT2D eigenvalue weighted by Gasteiger charge is 2.19. The zero-order valence-electron chi connectivity index (χ0n) is 19.3. The monoisotopic (exact) mass is 461 g/mol. The number of unbranched alkanes of at least 4 members (excludes halogenated alkanes) is 1. The Kier molecular flexibility index (Phi) is 9.38. The van der Waals surface area contributed by atoms with Gasteiger partial charge in [0.25, 0.3) is 0 Å². The molecule has 4 heteroatoms. The lowest BCUT2D eigenvalue weighted by Crippen LogP contribution is -2.13. The molecule has 2 aromatic carbocycles. The van der Waals surface area contributed by atoms with E-state index in [0.717, 1.165) is 41.2 Å². The first kappa shape index (κ1) is 24.9. The molecule has 0 amide bonds. The minimum Gasteiger partial charge on any atom is -0.204 e. The predicted molar refractivity (Wildman–Crippen MR) is 135 cm³/mol. The number of hydrogen-bond donors (Lipinski definition) is 0. The lowest BCUT2D eigenvalue weighted by molar-refractivity contribution is 0.296. The van der Waals surface area contributed by atoms with E-state index in [1.807, 2.05) is 23.4 Å². The van der Waals surface area contributed by atoms with Gasteiger partial charge in [-0.1, -0.05) is 56.8 Å². The Morgan fingerprint density at radius 3 is 2.27 bits per heavy atom. The summed E-state index contributed by atoms with van der Waals surface area (Å²) < 4.78 is 28.0. The molecule has 0 N–H and O–H groups in total. The predicted octanol–water partition coefficient (Wildman–Crippen LogP) is 8.01. The van der Waals surface area contributed by atoms with Gasteiger partial charge in [-0.3, -0.25) is 0 Å². The van der Waals surface area contributed by atoms with Crippen molar-refractivity contribution in [1.29, 1.82) is 0 Å². The van der Waals surface area contributed by atoms with Crippen molar-refractivity contribution in [2.45, 2.75) is 65.2 Å². The number of rotatable bonds is 5. The molecule has 0 heterocycles. The number of thiocarbonyl (C=S) groups is 1. The fourth-order valence-corrected chi connectivity index (χ4v) is 4.38. The summed E-state index contributed by atoms with van der Waals surface area (Å²) in [6, 6.07) is 8.23. The molecule has 0 atom stereocenters. The van der Waals surface area contributed by atoms with Crippen LogP contribution in [0.25, 0.3) is 0 Å².